The quantitative estimate of drug-likeness (QED) is 0.381. The summed E-state index contributed by atoms with van der Waals surface area (Å²) in [5.74, 6) is 0.183. The highest BCUT2D eigenvalue weighted by molar-refractivity contribution is 5.81. The minimum Gasteiger partial charge on any atom is -0.497 e. The van der Waals surface area contributed by atoms with Crippen molar-refractivity contribution in [3.63, 3.8) is 0 Å². The van der Waals surface area contributed by atoms with Gasteiger partial charge in [0.2, 0.25) is 18.0 Å². The summed E-state index contributed by atoms with van der Waals surface area (Å²) in [6.45, 7) is 8.91. The van der Waals surface area contributed by atoms with Gasteiger partial charge in [0.25, 0.3) is 0 Å². The van der Waals surface area contributed by atoms with E-state index in [1.165, 1.54) is 0 Å². The van der Waals surface area contributed by atoms with Gasteiger partial charge in [-0.25, -0.2) is 9.78 Å². The number of anilines is 1. The highest BCUT2D eigenvalue weighted by Crippen LogP contribution is 2.60. The zero-order chi connectivity index (χ0) is 28.1. The van der Waals surface area contributed by atoms with Crippen LogP contribution in [0.1, 0.15) is 59.3 Å². The molecular weight excluding hydrogens is 516 g/mol. The number of hydrogen-bond acceptors (Lipinski definition) is 9. The van der Waals surface area contributed by atoms with Crippen molar-refractivity contribution in [3.05, 3.63) is 24.3 Å². The molecule has 1 saturated carbocycles. The molecule has 7 rings (SSSR count). The molecule has 1 aliphatic carbocycles. The summed E-state index contributed by atoms with van der Waals surface area (Å²) in [5, 5.41) is 0. The minimum atomic E-state index is -0.878. The van der Waals surface area contributed by atoms with E-state index < -0.39 is 29.9 Å². The summed E-state index contributed by atoms with van der Waals surface area (Å²) >= 11 is 0. The van der Waals surface area contributed by atoms with Gasteiger partial charge in [-0.05, 0) is 62.3 Å². The standard InChI is InChI=1S/C30H42N2O8/c1-19-5-10-24-20(2)27(37-28-30(24)23(19)13-14-29(3,38-28)39-40-30)36-26(34)12-11-25(33)32-17-15-31(16-18-32)21-6-8-22(35-4)9-7-21/h6-9,19-20,23-24,27-28H,5,10-18H2,1-4H3/t19-,20-,23+,24-,27-,28-,29+,30-/m1/s1. The number of ether oxygens (including phenoxy) is 4. The van der Waals surface area contributed by atoms with Gasteiger partial charge in [-0.3, -0.25) is 9.59 Å². The van der Waals surface area contributed by atoms with Gasteiger partial charge < -0.3 is 28.7 Å². The first kappa shape index (κ1) is 27.8. The number of carbonyl (C=O) groups is 2. The number of amides is 1. The van der Waals surface area contributed by atoms with Crippen molar-refractivity contribution in [2.45, 2.75) is 83.3 Å². The lowest BCUT2D eigenvalue weighted by Gasteiger charge is -2.59. The SMILES string of the molecule is COc1ccc(N2CCN(C(=O)CCC(=O)O[C@@H]3O[C@@H]4O[C@]5(C)CC[C@H]6[C@H](C)CC[C@H]([C@H]3C)[C@@]46OO5)CC2)cc1. The predicted octanol–water partition coefficient (Wildman–Crippen LogP) is 3.88. The van der Waals surface area contributed by atoms with E-state index in [4.69, 9.17) is 28.7 Å². The average molecular weight is 559 g/mol. The zero-order valence-corrected chi connectivity index (χ0v) is 24.0. The molecule has 0 radical (unpaired) electrons. The lowest BCUT2D eigenvalue weighted by Crippen LogP contribution is -2.70. The number of benzene rings is 1. The van der Waals surface area contributed by atoms with Crippen LogP contribution in [-0.4, -0.2) is 74.0 Å². The molecule has 6 aliphatic rings. The van der Waals surface area contributed by atoms with Crippen LogP contribution in [0, 0.1) is 23.7 Å². The first-order valence-corrected chi connectivity index (χ1v) is 14.8. The van der Waals surface area contributed by atoms with Gasteiger partial charge in [0.05, 0.1) is 13.5 Å². The van der Waals surface area contributed by atoms with Gasteiger partial charge >= 0.3 is 5.97 Å². The molecule has 220 valence electrons. The van der Waals surface area contributed by atoms with E-state index in [0.29, 0.717) is 19.0 Å². The summed E-state index contributed by atoms with van der Waals surface area (Å²) in [7, 11) is 1.65. The molecule has 5 aliphatic heterocycles. The Morgan fingerprint density at radius 3 is 2.45 bits per heavy atom. The number of methoxy groups -OCH3 is 1. The number of esters is 1. The molecule has 1 amide bonds. The number of rotatable bonds is 6. The molecule has 5 saturated heterocycles. The first-order valence-electron chi connectivity index (χ1n) is 14.8. The van der Waals surface area contributed by atoms with Crippen LogP contribution >= 0.6 is 0 Å². The molecular formula is C30H42N2O8. The van der Waals surface area contributed by atoms with Crippen molar-refractivity contribution in [1.82, 2.24) is 4.90 Å². The molecule has 0 unspecified atom stereocenters. The molecule has 1 spiro atoms. The van der Waals surface area contributed by atoms with Crippen molar-refractivity contribution < 1.29 is 38.3 Å². The fourth-order valence-electron chi connectivity index (χ4n) is 7.57. The Balaban J connectivity index is 1.02. The molecule has 2 bridgehead atoms. The number of fused-ring (bicyclic) bond motifs is 2. The van der Waals surface area contributed by atoms with Crippen LogP contribution < -0.4 is 9.64 Å². The maximum absolute atomic E-state index is 12.9. The molecule has 1 aromatic rings. The Kier molecular flexibility index (Phi) is 7.48. The smallest absolute Gasteiger partial charge is 0.308 e. The fourth-order valence-corrected chi connectivity index (χ4v) is 7.57. The van der Waals surface area contributed by atoms with Crippen molar-refractivity contribution in [3.8, 4) is 5.75 Å². The van der Waals surface area contributed by atoms with E-state index in [2.05, 4.69) is 18.7 Å². The van der Waals surface area contributed by atoms with Crippen LogP contribution in [0.25, 0.3) is 0 Å². The highest BCUT2D eigenvalue weighted by Gasteiger charge is 2.69. The summed E-state index contributed by atoms with van der Waals surface area (Å²) in [6.07, 6.45) is 2.40. The average Bonchev–Trinajstić information content (AvgIpc) is 3.20. The van der Waals surface area contributed by atoms with Crippen molar-refractivity contribution in [2.24, 2.45) is 23.7 Å². The number of carbonyl (C=O) groups excluding carboxylic acids is 2. The number of piperazine rings is 1. The third kappa shape index (κ3) is 4.86. The predicted molar refractivity (Wildman–Crippen MR) is 144 cm³/mol. The Hall–Kier alpha value is -2.40. The van der Waals surface area contributed by atoms with Crippen LogP contribution in [0.4, 0.5) is 5.69 Å². The topological polar surface area (TPSA) is 96.0 Å². The van der Waals surface area contributed by atoms with Crippen LogP contribution in [0.2, 0.25) is 0 Å². The monoisotopic (exact) mass is 558 g/mol. The van der Waals surface area contributed by atoms with Gasteiger partial charge in [0.1, 0.15) is 5.75 Å². The van der Waals surface area contributed by atoms with Crippen molar-refractivity contribution in [2.75, 3.05) is 38.2 Å². The van der Waals surface area contributed by atoms with E-state index in [9.17, 15) is 9.59 Å². The van der Waals surface area contributed by atoms with Gasteiger partial charge in [-0.2, -0.15) is 0 Å². The largest absolute Gasteiger partial charge is 0.497 e. The van der Waals surface area contributed by atoms with Crippen LogP contribution in [0.3, 0.4) is 0 Å². The first-order chi connectivity index (χ1) is 19.2. The van der Waals surface area contributed by atoms with Gasteiger partial charge in [-0.15, -0.1) is 0 Å². The number of nitrogens with zero attached hydrogens (tertiary/aromatic N) is 2. The second kappa shape index (κ2) is 10.8. The van der Waals surface area contributed by atoms with Crippen molar-refractivity contribution in [1.29, 1.82) is 0 Å². The van der Waals surface area contributed by atoms with Crippen LogP contribution in [-0.2, 0) is 33.6 Å². The molecule has 8 atom stereocenters. The van der Waals surface area contributed by atoms with Crippen LogP contribution in [0.5, 0.6) is 5.75 Å². The summed E-state index contributed by atoms with van der Waals surface area (Å²) in [5.41, 5.74) is 0.412. The minimum absolute atomic E-state index is 0.0163. The Bertz CT molecular complexity index is 1090. The normalized spacial score (nSPS) is 38.8. The van der Waals surface area contributed by atoms with Crippen LogP contribution in [0.15, 0.2) is 24.3 Å². The van der Waals surface area contributed by atoms with Crippen molar-refractivity contribution >= 4 is 17.6 Å². The van der Waals surface area contributed by atoms with E-state index in [1.54, 1.807) is 7.11 Å². The number of hydrogen-bond donors (Lipinski definition) is 0. The molecule has 40 heavy (non-hydrogen) atoms. The summed E-state index contributed by atoms with van der Waals surface area (Å²) in [6, 6.07) is 7.94. The molecule has 0 aromatic heterocycles. The summed E-state index contributed by atoms with van der Waals surface area (Å²) < 4.78 is 23.8. The second-order valence-corrected chi connectivity index (χ2v) is 12.3. The van der Waals surface area contributed by atoms with Gasteiger partial charge in [-0.1, -0.05) is 13.8 Å². The molecule has 1 aromatic carbocycles. The Labute approximate surface area is 236 Å². The molecule has 5 heterocycles. The lowest BCUT2D eigenvalue weighted by molar-refractivity contribution is -0.576. The third-order valence-electron chi connectivity index (χ3n) is 9.96. The molecule has 10 heteroatoms. The Morgan fingerprint density at radius 1 is 0.975 bits per heavy atom. The van der Waals surface area contributed by atoms with E-state index in [-0.39, 0.29) is 36.5 Å². The van der Waals surface area contributed by atoms with E-state index in [0.717, 1.165) is 50.2 Å². The second-order valence-electron chi connectivity index (χ2n) is 12.3. The Morgan fingerprint density at radius 2 is 1.73 bits per heavy atom. The van der Waals surface area contributed by atoms with Gasteiger partial charge in [0.15, 0.2) is 11.9 Å². The molecule has 10 nitrogen and oxygen atoms in total. The third-order valence-corrected chi connectivity index (χ3v) is 9.96. The molecule has 0 N–H and O–H groups in total. The summed E-state index contributed by atoms with van der Waals surface area (Å²) in [4.78, 5) is 41.9. The van der Waals surface area contributed by atoms with E-state index >= 15 is 0 Å². The zero-order valence-electron chi connectivity index (χ0n) is 24.0. The fraction of sp³-hybridized carbons (Fsp3) is 0.733. The maximum atomic E-state index is 12.9. The van der Waals surface area contributed by atoms with E-state index in [1.807, 2.05) is 36.1 Å². The maximum Gasteiger partial charge on any atom is 0.308 e. The highest BCUT2D eigenvalue weighted by atomic mass is 17.3. The van der Waals surface area contributed by atoms with Gasteiger partial charge in [0, 0.05) is 56.5 Å². The lowest BCUT2D eigenvalue weighted by atomic mass is 9.58. The molecule has 6 fully saturated rings.